The van der Waals surface area contributed by atoms with Gasteiger partial charge in [-0.3, -0.25) is 14.4 Å². The number of hydrogen-bond acceptors (Lipinski definition) is 13. The van der Waals surface area contributed by atoms with Gasteiger partial charge in [-0.15, -0.1) is 0 Å². The summed E-state index contributed by atoms with van der Waals surface area (Å²) in [6.45, 7) is 12.0. The predicted octanol–water partition coefficient (Wildman–Crippen LogP) is 10.1. The third-order valence-electron chi connectivity index (χ3n) is 12.2. The summed E-state index contributed by atoms with van der Waals surface area (Å²) in [5.74, 6) is 1.35. The van der Waals surface area contributed by atoms with E-state index in [9.17, 15) is 24.6 Å². The number of aliphatic hydroxyl groups excluding tert-OH is 4. The fourth-order valence-electron chi connectivity index (χ4n) is 8.62. The number of nitrogens with zero attached hydrogens (tertiary/aromatic N) is 4. The number of halogens is 2. The van der Waals surface area contributed by atoms with E-state index in [1.807, 2.05) is 95.0 Å². The maximum Gasteiger partial charge on any atom is 0.225 e. The molecule has 0 unspecified atom stereocenters. The summed E-state index contributed by atoms with van der Waals surface area (Å²) in [7, 11) is 3.74. The summed E-state index contributed by atoms with van der Waals surface area (Å²) >= 11 is 12.6. The standard InChI is InChI=1S/C29H35ClN2O5.C27H31ClN2O4.C2H6O2/c1-19(2)37-27-10-9-23(17-24(27)30)26(34)16-21(11-12-33)15-20-5-7-22(8-6-20)25-18-32(4)28(31-25)29(3)35-13-14-36-29;1-17(2)34-26-10-9-22(15-23(26)28)25(33)14-20(11-12-31)13-19-5-7-21(8-6-19)24-16-30(4)27(29-24)18(3)32;3-1-2-4/h5-10,17-19,21,33H,11-16H2,1-4H3;5-10,15-17,20,31H,11-14H2,1-4H3;3-4H,1-2H2/t21-;20-;/m11./s1. The SMILES string of the molecule is CC(=O)c1nc(-c2ccc(C[C@@H](CCO)CC(=O)c3ccc(OC(C)C)c(Cl)c3)cc2)cn1C.CC(C)Oc1ccc(C(=O)C[C@H](CCO)Cc2ccc(-c3cn(C)c(C4(C)OCCO4)n3)cc2)cc1Cl.OCCO. The molecule has 4 aromatic carbocycles. The van der Waals surface area contributed by atoms with Gasteiger partial charge >= 0.3 is 0 Å². The molecule has 0 aliphatic carbocycles. The molecule has 1 aliphatic heterocycles. The summed E-state index contributed by atoms with van der Waals surface area (Å²) in [4.78, 5) is 46.8. The summed E-state index contributed by atoms with van der Waals surface area (Å²) in [6.07, 6.45) is 6.84. The van der Waals surface area contributed by atoms with E-state index in [4.69, 9.17) is 57.3 Å². The average molecular weight is 1070 g/mol. The molecule has 2 atom stereocenters. The van der Waals surface area contributed by atoms with Gasteiger partial charge in [0.25, 0.3) is 0 Å². The molecule has 1 fully saturated rings. The topological polar surface area (TPSA) is 205 Å². The number of hydrogen-bond donors (Lipinski definition) is 4. The van der Waals surface area contributed by atoms with E-state index in [2.05, 4.69) is 17.1 Å². The van der Waals surface area contributed by atoms with Crippen LogP contribution in [0.5, 0.6) is 11.5 Å². The van der Waals surface area contributed by atoms with Crippen molar-refractivity contribution in [2.75, 3.05) is 39.6 Å². The normalized spacial score (nSPS) is 13.7. The highest BCUT2D eigenvalue weighted by Crippen LogP contribution is 2.33. The molecule has 0 bridgehead atoms. The first kappa shape index (κ1) is 60.1. The Labute approximate surface area is 450 Å². The first-order valence-electron chi connectivity index (χ1n) is 25.2. The molecule has 3 heterocycles. The predicted molar refractivity (Wildman–Crippen MR) is 291 cm³/mol. The largest absolute Gasteiger partial charge is 0.489 e. The average Bonchev–Trinajstić information content (AvgIpc) is 4.11. The number of aliphatic hydroxyl groups is 4. The zero-order chi connectivity index (χ0) is 54.8. The minimum absolute atomic E-state index is 0.000993. The van der Waals surface area contributed by atoms with Crippen LogP contribution in [0.25, 0.3) is 22.5 Å². The monoisotopic (exact) mass is 1070 g/mol. The second-order valence-corrected chi connectivity index (χ2v) is 20.0. The molecule has 0 spiro atoms. The van der Waals surface area contributed by atoms with Gasteiger partial charge in [0.15, 0.2) is 29.0 Å². The maximum atomic E-state index is 13.0. The van der Waals surface area contributed by atoms with Gasteiger partial charge in [-0.1, -0.05) is 71.7 Å². The van der Waals surface area contributed by atoms with E-state index in [1.54, 1.807) is 48.0 Å². The molecular formula is C58H72Cl2N4O11. The highest BCUT2D eigenvalue weighted by molar-refractivity contribution is 6.32. The fraction of sp³-hybridized carbons (Fsp3) is 0.431. The van der Waals surface area contributed by atoms with Gasteiger partial charge in [-0.05, 0) is 120 Å². The van der Waals surface area contributed by atoms with Gasteiger partial charge in [0.2, 0.25) is 5.79 Å². The minimum Gasteiger partial charge on any atom is -0.489 e. The zero-order valence-corrected chi connectivity index (χ0v) is 45.7. The van der Waals surface area contributed by atoms with E-state index >= 15 is 0 Å². The lowest BCUT2D eigenvalue weighted by Gasteiger charge is -2.21. The molecule has 6 aromatic rings. The third kappa shape index (κ3) is 17.7. The third-order valence-corrected chi connectivity index (χ3v) is 12.8. The van der Waals surface area contributed by atoms with E-state index in [1.165, 1.54) is 6.92 Å². The van der Waals surface area contributed by atoms with Gasteiger partial charge in [0, 0.05) is 81.7 Å². The van der Waals surface area contributed by atoms with Crippen LogP contribution in [-0.4, -0.2) is 109 Å². The van der Waals surface area contributed by atoms with Crippen molar-refractivity contribution < 1.29 is 53.8 Å². The summed E-state index contributed by atoms with van der Waals surface area (Å²) in [5.41, 5.74) is 6.73. The number of aryl methyl sites for hydroxylation is 2. The van der Waals surface area contributed by atoms with E-state index < -0.39 is 5.79 Å². The number of carbonyl (C=O) groups is 3. The highest BCUT2D eigenvalue weighted by Gasteiger charge is 2.37. The second kappa shape index (κ2) is 29.0. The first-order chi connectivity index (χ1) is 35.8. The maximum absolute atomic E-state index is 13.0. The molecule has 75 heavy (non-hydrogen) atoms. The molecule has 0 radical (unpaired) electrons. The second-order valence-electron chi connectivity index (χ2n) is 19.2. The molecule has 4 N–H and O–H groups in total. The van der Waals surface area contributed by atoms with Crippen molar-refractivity contribution in [3.05, 3.63) is 141 Å². The Bertz CT molecular complexity index is 2780. The van der Waals surface area contributed by atoms with Gasteiger partial charge in [0.05, 0.1) is 60.1 Å². The van der Waals surface area contributed by atoms with Crippen molar-refractivity contribution in [1.29, 1.82) is 0 Å². The highest BCUT2D eigenvalue weighted by atomic mass is 35.5. The smallest absolute Gasteiger partial charge is 0.225 e. The summed E-state index contributed by atoms with van der Waals surface area (Å²) in [5, 5.41) is 35.2. The van der Waals surface area contributed by atoms with E-state index in [0.29, 0.717) is 90.2 Å². The lowest BCUT2D eigenvalue weighted by molar-refractivity contribution is -0.157. The molecule has 0 amide bonds. The lowest BCUT2D eigenvalue weighted by Crippen LogP contribution is -2.26. The molecule has 15 nitrogen and oxygen atoms in total. The minimum atomic E-state index is -0.830. The Balaban J connectivity index is 0.000000260. The van der Waals surface area contributed by atoms with Gasteiger partial charge in [-0.25, -0.2) is 9.97 Å². The lowest BCUT2D eigenvalue weighted by atomic mass is 9.89. The van der Waals surface area contributed by atoms with Crippen molar-refractivity contribution in [2.45, 2.75) is 98.1 Å². The Morgan fingerprint density at radius 1 is 0.627 bits per heavy atom. The van der Waals surface area contributed by atoms with Crippen LogP contribution in [0, 0.1) is 11.8 Å². The van der Waals surface area contributed by atoms with Gasteiger partial charge in [-0.2, -0.15) is 0 Å². The number of carbonyl (C=O) groups excluding carboxylic acids is 3. The number of benzene rings is 4. The van der Waals surface area contributed by atoms with Gasteiger partial charge < -0.3 is 48.5 Å². The Morgan fingerprint density at radius 3 is 1.40 bits per heavy atom. The van der Waals surface area contributed by atoms with Crippen molar-refractivity contribution in [3.8, 4) is 34.0 Å². The molecular weight excluding hydrogens is 1000 g/mol. The molecule has 2 aromatic heterocycles. The molecule has 1 saturated heterocycles. The van der Waals surface area contributed by atoms with Crippen LogP contribution in [-0.2, 0) is 42.2 Å². The Kier molecular flexibility index (Phi) is 23.2. The summed E-state index contributed by atoms with van der Waals surface area (Å²) in [6, 6.07) is 26.4. The molecule has 7 rings (SSSR count). The Hall–Kier alpha value is -5.75. The van der Waals surface area contributed by atoms with Crippen LogP contribution in [0.1, 0.15) is 116 Å². The van der Waals surface area contributed by atoms with E-state index in [-0.39, 0.29) is 67.8 Å². The van der Waals surface area contributed by atoms with Crippen LogP contribution in [0.4, 0.5) is 0 Å². The number of rotatable bonds is 23. The number of imidazole rings is 2. The molecule has 1 aliphatic rings. The first-order valence-corrected chi connectivity index (χ1v) is 26.0. The number of aromatic nitrogens is 4. The van der Waals surface area contributed by atoms with Crippen LogP contribution in [0.3, 0.4) is 0 Å². The van der Waals surface area contributed by atoms with E-state index in [0.717, 1.165) is 39.5 Å². The van der Waals surface area contributed by atoms with Crippen molar-refractivity contribution in [3.63, 3.8) is 0 Å². The molecule has 17 heteroatoms. The van der Waals surface area contributed by atoms with Crippen LogP contribution in [0.15, 0.2) is 97.3 Å². The van der Waals surface area contributed by atoms with Crippen molar-refractivity contribution in [2.24, 2.45) is 25.9 Å². The fourth-order valence-corrected chi connectivity index (χ4v) is 9.07. The zero-order valence-electron chi connectivity index (χ0n) is 44.2. The molecule has 404 valence electrons. The number of Topliss-reactive ketones (excluding diaryl/α,β-unsaturated/α-hetero) is 3. The van der Waals surface area contributed by atoms with Crippen LogP contribution >= 0.6 is 23.2 Å². The van der Waals surface area contributed by atoms with Crippen molar-refractivity contribution >= 4 is 40.6 Å². The Morgan fingerprint density at radius 2 is 1.04 bits per heavy atom. The van der Waals surface area contributed by atoms with Crippen LogP contribution < -0.4 is 9.47 Å². The molecule has 0 saturated carbocycles. The number of ketones is 3. The number of ether oxygens (including phenoxy) is 4. The van der Waals surface area contributed by atoms with Gasteiger partial charge in [0.1, 0.15) is 11.5 Å². The summed E-state index contributed by atoms with van der Waals surface area (Å²) < 4.78 is 26.5. The van der Waals surface area contributed by atoms with Crippen LogP contribution in [0.2, 0.25) is 10.0 Å². The van der Waals surface area contributed by atoms with Crippen molar-refractivity contribution in [1.82, 2.24) is 19.1 Å². The quantitative estimate of drug-likeness (QED) is 0.0442.